The second-order valence-electron chi connectivity index (χ2n) is 5.28. The molecule has 0 bridgehead atoms. The molecule has 0 radical (unpaired) electrons. The van der Waals surface area contributed by atoms with Crippen LogP contribution in [0.25, 0.3) is 0 Å². The molecule has 1 fully saturated rings. The van der Waals surface area contributed by atoms with Crippen molar-refractivity contribution >= 4 is 15.7 Å². The van der Waals surface area contributed by atoms with Crippen LogP contribution in [0.5, 0.6) is 0 Å². The number of nitrogen functional groups attached to an aromatic ring is 1. The van der Waals surface area contributed by atoms with E-state index < -0.39 is 10.0 Å². The summed E-state index contributed by atoms with van der Waals surface area (Å²) in [6.45, 7) is 6.98. The minimum atomic E-state index is -3.63. The standard InChI is InChI=1S/C14H22N2O4S/c1-9-6-13(15)11(3)14(10(9)2)21(17,18)16-7-12-8-19-4-5-20-12/h6,12,16H,4-5,7-8,15H2,1-3H3. The van der Waals surface area contributed by atoms with Crippen molar-refractivity contribution in [3.63, 3.8) is 0 Å². The highest BCUT2D eigenvalue weighted by Crippen LogP contribution is 2.27. The predicted octanol–water partition coefficient (Wildman–Crippen LogP) is 0.888. The van der Waals surface area contributed by atoms with Gasteiger partial charge in [0.2, 0.25) is 10.0 Å². The molecule has 1 aliphatic rings. The van der Waals surface area contributed by atoms with E-state index in [-0.39, 0.29) is 17.5 Å². The van der Waals surface area contributed by atoms with E-state index in [2.05, 4.69) is 4.72 Å². The normalized spacial score (nSPS) is 19.7. The van der Waals surface area contributed by atoms with Gasteiger partial charge in [-0.2, -0.15) is 0 Å². The van der Waals surface area contributed by atoms with Crippen molar-refractivity contribution < 1.29 is 17.9 Å². The third kappa shape index (κ3) is 3.55. The Morgan fingerprint density at radius 3 is 2.62 bits per heavy atom. The Morgan fingerprint density at radius 2 is 2.00 bits per heavy atom. The summed E-state index contributed by atoms with van der Waals surface area (Å²) in [5.41, 5.74) is 8.52. The Kier molecular flexibility index (Phi) is 4.88. The van der Waals surface area contributed by atoms with Crippen molar-refractivity contribution in [2.45, 2.75) is 31.8 Å². The van der Waals surface area contributed by atoms with Crippen LogP contribution < -0.4 is 10.5 Å². The van der Waals surface area contributed by atoms with Crippen LogP contribution in [0.4, 0.5) is 5.69 Å². The molecule has 0 aliphatic carbocycles. The van der Waals surface area contributed by atoms with Gasteiger partial charge in [0.15, 0.2) is 0 Å². The van der Waals surface area contributed by atoms with Crippen LogP contribution >= 0.6 is 0 Å². The molecule has 0 saturated carbocycles. The lowest BCUT2D eigenvalue weighted by Crippen LogP contribution is -2.40. The maximum Gasteiger partial charge on any atom is 0.241 e. The summed E-state index contributed by atoms with van der Waals surface area (Å²) in [5.74, 6) is 0. The van der Waals surface area contributed by atoms with E-state index in [0.29, 0.717) is 31.1 Å². The van der Waals surface area contributed by atoms with Crippen LogP contribution in [0.2, 0.25) is 0 Å². The molecule has 1 aliphatic heterocycles. The molecule has 0 aromatic heterocycles. The monoisotopic (exact) mass is 314 g/mol. The number of nitrogens with one attached hydrogen (secondary N) is 1. The molecule has 1 aromatic rings. The van der Waals surface area contributed by atoms with Gasteiger partial charge in [0.25, 0.3) is 0 Å². The Hall–Kier alpha value is -1.15. The molecule has 118 valence electrons. The Bertz CT molecular complexity index is 596. The molecule has 1 atom stereocenters. The minimum Gasteiger partial charge on any atom is -0.398 e. The van der Waals surface area contributed by atoms with E-state index in [4.69, 9.17) is 15.2 Å². The number of hydrogen-bond donors (Lipinski definition) is 2. The van der Waals surface area contributed by atoms with Crippen molar-refractivity contribution in [3.05, 3.63) is 22.8 Å². The zero-order chi connectivity index (χ0) is 15.6. The van der Waals surface area contributed by atoms with Gasteiger partial charge in [0.05, 0.1) is 30.8 Å². The van der Waals surface area contributed by atoms with E-state index in [9.17, 15) is 8.42 Å². The van der Waals surface area contributed by atoms with Gasteiger partial charge in [-0.25, -0.2) is 13.1 Å². The molecule has 1 saturated heterocycles. The summed E-state index contributed by atoms with van der Waals surface area (Å²) >= 11 is 0. The van der Waals surface area contributed by atoms with Crippen LogP contribution in [0, 0.1) is 20.8 Å². The highest BCUT2D eigenvalue weighted by Gasteiger charge is 2.24. The van der Waals surface area contributed by atoms with E-state index in [1.807, 2.05) is 6.92 Å². The van der Waals surface area contributed by atoms with Crippen LogP contribution in [-0.4, -0.2) is 40.9 Å². The molecule has 0 amide bonds. The van der Waals surface area contributed by atoms with Gasteiger partial charge in [0.1, 0.15) is 0 Å². The van der Waals surface area contributed by atoms with E-state index in [1.54, 1.807) is 19.9 Å². The zero-order valence-corrected chi connectivity index (χ0v) is 13.4. The summed E-state index contributed by atoms with van der Waals surface area (Å²) in [7, 11) is -3.63. The fraction of sp³-hybridized carbons (Fsp3) is 0.571. The first-order valence-electron chi connectivity index (χ1n) is 6.88. The highest BCUT2D eigenvalue weighted by molar-refractivity contribution is 7.89. The van der Waals surface area contributed by atoms with Gasteiger partial charge in [-0.1, -0.05) is 0 Å². The first-order chi connectivity index (χ1) is 9.83. The average molecular weight is 314 g/mol. The minimum absolute atomic E-state index is 0.190. The molecule has 1 heterocycles. The van der Waals surface area contributed by atoms with E-state index >= 15 is 0 Å². The molecule has 21 heavy (non-hydrogen) atoms. The fourth-order valence-electron chi connectivity index (χ4n) is 2.37. The molecular weight excluding hydrogens is 292 g/mol. The second-order valence-corrected chi connectivity index (χ2v) is 6.99. The number of rotatable bonds is 4. The fourth-order valence-corrected chi connectivity index (χ4v) is 4.01. The topological polar surface area (TPSA) is 90.7 Å². The molecular formula is C14H22N2O4S. The third-order valence-corrected chi connectivity index (χ3v) is 5.43. The summed E-state index contributed by atoms with van der Waals surface area (Å²) in [6, 6.07) is 1.79. The van der Waals surface area contributed by atoms with Crippen molar-refractivity contribution in [2.24, 2.45) is 0 Å². The molecule has 6 nitrogen and oxygen atoms in total. The molecule has 2 rings (SSSR count). The predicted molar refractivity (Wildman–Crippen MR) is 80.8 cm³/mol. The Labute approximate surface area is 125 Å². The largest absolute Gasteiger partial charge is 0.398 e. The van der Waals surface area contributed by atoms with Gasteiger partial charge in [-0.3, -0.25) is 0 Å². The second kappa shape index (κ2) is 6.31. The summed E-state index contributed by atoms with van der Waals surface area (Å²) in [6.07, 6.45) is -0.253. The maximum absolute atomic E-state index is 12.6. The maximum atomic E-state index is 12.6. The Balaban J connectivity index is 2.23. The van der Waals surface area contributed by atoms with Crippen molar-refractivity contribution in [2.75, 3.05) is 32.1 Å². The number of nitrogens with two attached hydrogens (primary N) is 1. The van der Waals surface area contributed by atoms with Crippen LogP contribution in [0.1, 0.15) is 16.7 Å². The number of aryl methyl sites for hydroxylation is 1. The van der Waals surface area contributed by atoms with Crippen molar-refractivity contribution in [3.8, 4) is 0 Å². The summed E-state index contributed by atoms with van der Waals surface area (Å²) in [5, 5.41) is 0. The van der Waals surface area contributed by atoms with Crippen molar-refractivity contribution in [1.82, 2.24) is 4.72 Å². The van der Waals surface area contributed by atoms with E-state index in [1.165, 1.54) is 0 Å². The van der Waals surface area contributed by atoms with Crippen LogP contribution in [0.3, 0.4) is 0 Å². The lowest BCUT2D eigenvalue weighted by molar-refractivity contribution is -0.0846. The molecule has 7 heteroatoms. The third-order valence-electron chi connectivity index (χ3n) is 3.73. The highest BCUT2D eigenvalue weighted by atomic mass is 32.2. The number of hydrogen-bond acceptors (Lipinski definition) is 5. The molecule has 0 spiro atoms. The number of anilines is 1. The molecule has 1 unspecified atom stereocenters. The number of sulfonamides is 1. The van der Waals surface area contributed by atoms with Gasteiger partial charge in [-0.05, 0) is 43.5 Å². The zero-order valence-electron chi connectivity index (χ0n) is 12.6. The lowest BCUT2D eigenvalue weighted by atomic mass is 10.1. The van der Waals surface area contributed by atoms with Gasteiger partial charge in [-0.15, -0.1) is 0 Å². The smallest absolute Gasteiger partial charge is 0.241 e. The summed E-state index contributed by atoms with van der Waals surface area (Å²) in [4.78, 5) is 0.261. The average Bonchev–Trinajstić information content (AvgIpc) is 2.44. The van der Waals surface area contributed by atoms with Crippen molar-refractivity contribution in [1.29, 1.82) is 0 Å². The summed E-state index contributed by atoms with van der Waals surface area (Å²) < 4.78 is 38.4. The first kappa shape index (κ1) is 16.2. The van der Waals surface area contributed by atoms with Crippen LogP contribution in [0.15, 0.2) is 11.0 Å². The Morgan fingerprint density at radius 1 is 1.29 bits per heavy atom. The first-order valence-corrected chi connectivity index (χ1v) is 8.36. The number of benzene rings is 1. The molecule has 3 N–H and O–H groups in total. The van der Waals surface area contributed by atoms with E-state index in [0.717, 1.165) is 11.1 Å². The SMILES string of the molecule is Cc1cc(N)c(C)c(S(=O)(=O)NCC2COCCO2)c1C. The van der Waals surface area contributed by atoms with Crippen LogP contribution in [-0.2, 0) is 19.5 Å². The quantitative estimate of drug-likeness (QED) is 0.805. The molecule has 1 aromatic carbocycles. The lowest BCUT2D eigenvalue weighted by Gasteiger charge is -2.23. The van der Waals surface area contributed by atoms with Gasteiger partial charge in [0, 0.05) is 12.2 Å². The van der Waals surface area contributed by atoms with Gasteiger partial charge >= 0.3 is 0 Å². The number of ether oxygens (including phenoxy) is 2. The van der Waals surface area contributed by atoms with Gasteiger partial charge < -0.3 is 15.2 Å².